The number of nitrogens with zero attached hydrogens (tertiary/aromatic N) is 3. The first-order valence-electron chi connectivity index (χ1n) is 9.06. The first-order chi connectivity index (χ1) is 13.7. The highest BCUT2D eigenvalue weighted by Crippen LogP contribution is 2.33. The van der Waals surface area contributed by atoms with Gasteiger partial charge in [-0.15, -0.1) is 11.3 Å². The van der Waals surface area contributed by atoms with Crippen molar-refractivity contribution in [3.63, 3.8) is 0 Å². The van der Waals surface area contributed by atoms with E-state index in [0.29, 0.717) is 53.9 Å². The Morgan fingerprint density at radius 2 is 1.76 bits per heavy atom. The van der Waals surface area contributed by atoms with Gasteiger partial charge in [0.1, 0.15) is 9.88 Å². The van der Waals surface area contributed by atoms with Crippen molar-refractivity contribution in [2.45, 2.75) is 13.1 Å². The predicted molar refractivity (Wildman–Crippen MR) is 104 cm³/mol. The fourth-order valence-corrected chi connectivity index (χ4v) is 4.09. The van der Waals surface area contributed by atoms with Gasteiger partial charge < -0.3 is 10.2 Å². The average Bonchev–Trinajstić information content (AvgIpc) is 3.09. The number of nitrogens with one attached hydrogen (secondary N) is 1. The molecule has 0 unspecified atom stereocenters. The molecule has 1 aromatic carbocycles. The number of hydrogen-bond acceptors (Lipinski definition) is 5. The van der Waals surface area contributed by atoms with Crippen LogP contribution in [0.4, 0.5) is 13.2 Å². The number of rotatable bonds is 4. The first kappa shape index (κ1) is 21.3. The van der Waals surface area contributed by atoms with Crippen LogP contribution in [0.3, 0.4) is 0 Å². The molecule has 1 aliphatic heterocycles. The SMILES string of the molecule is CNC(=O)CN1CCN(C(=O)c2sc(-c3ccc(C(F)(F)F)cc3)nc2C)CC1. The third-order valence-corrected chi connectivity index (χ3v) is 5.95. The number of carbonyl (C=O) groups is 2. The zero-order valence-electron chi connectivity index (χ0n) is 16.0. The smallest absolute Gasteiger partial charge is 0.358 e. The zero-order valence-corrected chi connectivity index (χ0v) is 16.9. The summed E-state index contributed by atoms with van der Waals surface area (Å²) in [4.78, 5) is 32.9. The first-order valence-corrected chi connectivity index (χ1v) is 9.88. The number of hydrogen-bond donors (Lipinski definition) is 1. The van der Waals surface area contributed by atoms with E-state index >= 15 is 0 Å². The van der Waals surface area contributed by atoms with Crippen LogP contribution in [0.15, 0.2) is 24.3 Å². The quantitative estimate of drug-likeness (QED) is 0.817. The summed E-state index contributed by atoms with van der Waals surface area (Å²) < 4.78 is 38.2. The van der Waals surface area contributed by atoms with Crippen LogP contribution in [0.5, 0.6) is 0 Å². The van der Waals surface area contributed by atoms with Gasteiger partial charge in [0, 0.05) is 38.8 Å². The maximum Gasteiger partial charge on any atom is 0.416 e. The van der Waals surface area contributed by atoms with Gasteiger partial charge in [-0.2, -0.15) is 13.2 Å². The van der Waals surface area contributed by atoms with Gasteiger partial charge in [0.15, 0.2) is 0 Å². The van der Waals surface area contributed by atoms with Crippen molar-refractivity contribution in [1.29, 1.82) is 0 Å². The molecule has 1 N–H and O–H groups in total. The minimum Gasteiger partial charge on any atom is -0.358 e. The molecule has 1 saturated heterocycles. The maximum absolute atomic E-state index is 12.9. The Morgan fingerprint density at radius 3 is 2.31 bits per heavy atom. The number of piperazine rings is 1. The molecule has 0 saturated carbocycles. The fraction of sp³-hybridized carbons (Fsp3) is 0.421. The van der Waals surface area contributed by atoms with Gasteiger partial charge >= 0.3 is 6.18 Å². The predicted octanol–water partition coefficient (Wildman–Crippen LogP) is 2.64. The number of likely N-dealkylation sites (N-methyl/N-ethyl adjacent to an activating group) is 1. The van der Waals surface area contributed by atoms with Gasteiger partial charge in [0.25, 0.3) is 5.91 Å². The van der Waals surface area contributed by atoms with Crippen molar-refractivity contribution in [3.8, 4) is 10.6 Å². The van der Waals surface area contributed by atoms with Crippen LogP contribution >= 0.6 is 11.3 Å². The van der Waals surface area contributed by atoms with E-state index in [1.807, 2.05) is 4.90 Å². The lowest BCUT2D eigenvalue weighted by Gasteiger charge is -2.34. The Balaban J connectivity index is 1.69. The van der Waals surface area contributed by atoms with E-state index in [1.165, 1.54) is 23.5 Å². The summed E-state index contributed by atoms with van der Waals surface area (Å²) in [6, 6.07) is 4.76. The van der Waals surface area contributed by atoms with E-state index in [2.05, 4.69) is 10.3 Å². The Labute approximate surface area is 170 Å². The average molecular weight is 426 g/mol. The van der Waals surface area contributed by atoms with Crippen LogP contribution in [0.2, 0.25) is 0 Å². The summed E-state index contributed by atoms with van der Waals surface area (Å²) >= 11 is 1.18. The van der Waals surface area contributed by atoms with E-state index in [9.17, 15) is 22.8 Å². The highest BCUT2D eigenvalue weighted by Gasteiger charge is 2.30. The third-order valence-electron chi connectivity index (χ3n) is 4.76. The Kier molecular flexibility index (Phi) is 6.23. The van der Waals surface area contributed by atoms with E-state index < -0.39 is 11.7 Å². The van der Waals surface area contributed by atoms with Crippen molar-refractivity contribution in [2.24, 2.45) is 0 Å². The Hall–Kier alpha value is -2.46. The second kappa shape index (κ2) is 8.50. The molecule has 0 aliphatic carbocycles. The second-order valence-corrected chi connectivity index (χ2v) is 7.75. The van der Waals surface area contributed by atoms with Gasteiger partial charge in [-0.3, -0.25) is 14.5 Å². The van der Waals surface area contributed by atoms with E-state index in [1.54, 1.807) is 18.9 Å². The second-order valence-electron chi connectivity index (χ2n) is 6.75. The van der Waals surface area contributed by atoms with Crippen LogP contribution in [-0.4, -0.2) is 66.4 Å². The minimum absolute atomic E-state index is 0.0655. The number of amides is 2. The Morgan fingerprint density at radius 1 is 1.14 bits per heavy atom. The molecule has 156 valence electrons. The number of aromatic nitrogens is 1. The molecule has 29 heavy (non-hydrogen) atoms. The normalized spacial score (nSPS) is 15.4. The molecule has 0 bridgehead atoms. The van der Waals surface area contributed by atoms with Crippen molar-refractivity contribution in [1.82, 2.24) is 20.1 Å². The lowest BCUT2D eigenvalue weighted by Crippen LogP contribution is -2.50. The van der Waals surface area contributed by atoms with E-state index in [-0.39, 0.29) is 11.8 Å². The molecule has 3 rings (SSSR count). The summed E-state index contributed by atoms with van der Waals surface area (Å²) in [5.74, 6) is -0.206. The fourth-order valence-electron chi connectivity index (χ4n) is 3.05. The molecule has 0 atom stereocenters. The van der Waals surface area contributed by atoms with Crippen LogP contribution in [0, 0.1) is 6.92 Å². The standard InChI is InChI=1S/C19H21F3N4O2S/c1-12-16(18(28)26-9-7-25(8-10-26)11-15(27)23-2)29-17(24-12)13-3-5-14(6-4-13)19(20,21)22/h3-6H,7-11H2,1-2H3,(H,23,27). The van der Waals surface area contributed by atoms with Gasteiger partial charge in [-0.1, -0.05) is 12.1 Å². The maximum atomic E-state index is 12.9. The van der Waals surface area contributed by atoms with Crippen molar-refractivity contribution >= 4 is 23.2 Å². The number of thiazole rings is 1. The van der Waals surface area contributed by atoms with Gasteiger partial charge in [0.05, 0.1) is 17.8 Å². The van der Waals surface area contributed by atoms with Crippen molar-refractivity contribution in [2.75, 3.05) is 39.8 Å². The highest BCUT2D eigenvalue weighted by atomic mass is 32.1. The van der Waals surface area contributed by atoms with Crippen LogP contribution < -0.4 is 5.32 Å². The molecule has 1 aromatic heterocycles. The number of halogens is 3. The molecule has 1 fully saturated rings. The third kappa shape index (κ3) is 4.94. The number of carbonyl (C=O) groups excluding carboxylic acids is 2. The molecular weight excluding hydrogens is 405 g/mol. The van der Waals surface area contributed by atoms with E-state index in [4.69, 9.17) is 0 Å². The molecule has 0 radical (unpaired) electrons. The summed E-state index contributed by atoms with van der Waals surface area (Å²) in [6.07, 6.45) is -4.39. The molecule has 10 heteroatoms. The molecule has 6 nitrogen and oxygen atoms in total. The summed E-state index contributed by atoms with van der Waals surface area (Å²) in [5, 5.41) is 3.09. The number of benzene rings is 1. The highest BCUT2D eigenvalue weighted by molar-refractivity contribution is 7.17. The van der Waals surface area contributed by atoms with Crippen LogP contribution in [0.1, 0.15) is 20.9 Å². The minimum atomic E-state index is -4.39. The van der Waals surface area contributed by atoms with Gasteiger partial charge in [-0.05, 0) is 19.1 Å². The summed E-state index contributed by atoms with van der Waals surface area (Å²) in [6.45, 7) is 4.23. The van der Waals surface area contributed by atoms with Crippen LogP contribution in [-0.2, 0) is 11.0 Å². The molecule has 2 amide bonds. The number of aryl methyl sites for hydroxylation is 1. The molecule has 0 spiro atoms. The summed E-state index contributed by atoms with van der Waals surface area (Å²) in [5.41, 5.74) is 0.378. The molecule has 1 aliphatic rings. The van der Waals surface area contributed by atoms with Crippen LogP contribution in [0.25, 0.3) is 10.6 Å². The topological polar surface area (TPSA) is 65.5 Å². The van der Waals surface area contributed by atoms with Gasteiger partial charge in [0.2, 0.25) is 5.91 Å². The van der Waals surface area contributed by atoms with Gasteiger partial charge in [-0.25, -0.2) is 4.98 Å². The Bertz CT molecular complexity index is 888. The number of alkyl halides is 3. The molecule has 2 heterocycles. The molecule has 2 aromatic rings. The van der Waals surface area contributed by atoms with E-state index in [0.717, 1.165) is 12.1 Å². The lowest BCUT2D eigenvalue weighted by molar-refractivity contribution is -0.137. The monoisotopic (exact) mass is 426 g/mol. The largest absolute Gasteiger partial charge is 0.416 e. The summed E-state index contributed by atoms with van der Waals surface area (Å²) in [7, 11) is 1.59. The molecular formula is C19H21F3N4O2S. The lowest BCUT2D eigenvalue weighted by atomic mass is 10.1. The van der Waals surface area contributed by atoms with Crippen molar-refractivity contribution < 1.29 is 22.8 Å². The van der Waals surface area contributed by atoms with Crippen molar-refractivity contribution in [3.05, 3.63) is 40.4 Å². The zero-order chi connectivity index (χ0) is 21.2.